The van der Waals surface area contributed by atoms with Crippen molar-refractivity contribution in [2.45, 2.75) is 17.7 Å². The largest absolute Gasteiger partial charge is 0.356 e. The highest BCUT2D eigenvalue weighted by atomic mass is 32.2. The summed E-state index contributed by atoms with van der Waals surface area (Å²) in [6.07, 6.45) is 1.33. The van der Waals surface area contributed by atoms with Crippen LogP contribution in [0.5, 0.6) is 0 Å². The van der Waals surface area contributed by atoms with Gasteiger partial charge in [0.05, 0.1) is 16.6 Å². The normalized spacial score (nSPS) is 20.5. The molecule has 0 bridgehead atoms. The summed E-state index contributed by atoms with van der Waals surface area (Å²) in [4.78, 5) is 11.5. The molecule has 1 heterocycles. The molecule has 0 saturated carbocycles. The van der Waals surface area contributed by atoms with Crippen LogP contribution in [0.25, 0.3) is 0 Å². The molecule has 1 saturated heterocycles. The summed E-state index contributed by atoms with van der Waals surface area (Å²) in [6.45, 7) is 0.593. The zero-order valence-electron chi connectivity index (χ0n) is 9.73. The average molecular weight is 271 g/mol. The summed E-state index contributed by atoms with van der Waals surface area (Å²) >= 11 is 0. The van der Waals surface area contributed by atoms with E-state index in [2.05, 4.69) is 5.32 Å². The van der Waals surface area contributed by atoms with Crippen molar-refractivity contribution in [3.8, 4) is 0 Å². The maximum absolute atomic E-state index is 13.0. The molecule has 18 heavy (non-hydrogen) atoms. The van der Waals surface area contributed by atoms with Crippen LogP contribution in [0.15, 0.2) is 29.2 Å². The molecule has 4 nitrogen and oxygen atoms in total. The minimum atomic E-state index is -3.62. The number of carbonyl (C=O) groups is 1. The number of carbonyl (C=O) groups excluding carboxylic acids is 1. The SMILES string of the molecule is O=C1NCCC[C@@H]1CS(=O)(=O)c1cccc(F)c1. The third-order valence-electron chi connectivity index (χ3n) is 2.98. The fraction of sp³-hybridized carbons (Fsp3) is 0.417. The van der Waals surface area contributed by atoms with E-state index in [0.717, 1.165) is 12.5 Å². The molecule has 1 N–H and O–H groups in total. The number of hydrogen-bond acceptors (Lipinski definition) is 3. The van der Waals surface area contributed by atoms with E-state index in [-0.39, 0.29) is 16.6 Å². The van der Waals surface area contributed by atoms with Crippen molar-refractivity contribution in [3.05, 3.63) is 30.1 Å². The molecule has 6 heteroatoms. The first-order valence-corrected chi connectivity index (χ1v) is 7.40. The van der Waals surface area contributed by atoms with Crippen molar-refractivity contribution in [1.29, 1.82) is 0 Å². The smallest absolute Gasteiger partial charge is 0.224 e. The van der Waals surface area contributed by atoms with Gasteiger partial charge in [-0.25, -0.2) is 12.8 Å². The van der Waals surface area contributed by atoms with E-state index >= 15 is 0 Å². The lowest BCUT2D eigenvalue weighted by Crippen LogP contribution is -2.39. The van der Waals surface area contributed by atoms with Gasteiger partial charge in [-0.3, -0.25) is 4.79 Å². The van der Waals surface area contributed by atoms with Crippen molar-refractivity contribution < 1.29 is 17.6 Å². The number of sulfone groups is 1. The van der Waals surface area contributed by atoms with Crippen molar-refractivity contribution in [3.63, 3.8) is 0 Å². The second-order valence-electron chi connectivity index (χ2n) is 4.37. The van der Waals surface area contributed by atoms with Gasteiger partial charge in [-0.1, -0.05) is 6.07 Å². The summed E-state index contributed by atoms with van der Waals surface area (Å²) in [5.41, 5.74) is 0. The van der Waals surface area contributed by atoms with Crippen LogP contribution in [-0.2, 0) is 14.6 Å². The zero-order chi connectivity index (χ0) is 13.2. The minimum absolute atomic E-state index is 0.0686. The first kappa shape index (κ1) is 13.0. The van der Waals surface area contributed by atoms with Gasteiger partial charge in [0, 0.05) is 6.54 Å². The number of piperidine rings is 1. The van der Waals surface area contributed by atoms with Gasteiger partial charge in [0.2, 0.25) is 5.91 Å². The van der Waals surface area contributed by atoms with Gasteiger partial charge in [0.25, 0.3) is 0 Å². The molecule has 1 aromatic carbocycles. The zero-order valence-corrected chi connectivity index (χ0v) is 10.5. The van der Waals surface area contributed by atoms with Gasteiger partial charge >= 0.3 is 0 Å². The highest BCUT2D eigenvalue weighted by molar-refractivity contribution is 7.91. The Morgan fingerprint density at radius 2 is 2.17 bits per heavy atom. The van der Waals surface area contributed by atoms with Gasteiger partial charge in [-0.2, -0.15) is 0 Å². The van der Waals surface area contributed by atoms with Crippen molar-refractivity contribution in [1.82, 2.24) is 5.32 Å². The monoisotopic (exact) mass is 271 g/mol. The van der Waals surface area contributed by atoms with Gasteiger partial charge < -0.3 is 5.32 Å². The predicted molar refractivity (Wildman–Crippen MR) is 64.2 cm³/mol. The number of halogens is 1. The Labute approximate surface area is 105 Å². The van der Waals surface area contributed by atoms with Crippen molar-refractivity contribution >= 4 is 15.7 Å². The Kier molecular flexibility index (Phi) is 3.65. The molecular weight excluding hydrogens is 257 g/mol. The summed E-state index contributed by atoms with van der Waals surface area (Å²) in [5.74, 6) is -1.63. The van der Waals surface area contributed by atoms with E-state index in [1.165, 1.54) is 18.2 Å². The van der Waals surface area contributed by atoms with Crippen molar-refractivity contribution in [2.24, 2.45) is 5.92 Å². The summed E-state index contributed by atoms with van der Waals surface area (Å²) in [7, 11) is -3.62. The van der Waals surface area contributed by atoms with Crippen molar-refractivity contribution in [2.75, 3.05) is 12.3 Å². The molecular formula is C12H14FNO3S. The van der Waals surface area contributed by atoms with E-state index in [9.17, 15) is 17.6 Å². The summed E-state index contributed by atoms with van der Waals surface area (Å²) in [6, 6.07) is 4.87. The molecule has 1 fully saturated rings. The fourth-order valence-corrected chi connectivity index (χ4v) is 3.63. The third kappa shape index (κ3) is 2.87. The first-order valence-electron chi connectivity index (χ1n) is 5.75. The quantitative estimate of drug-likeness (QED) is 0.896. The van der Waals surface area contributed by atoms with E-state index in [0.29, 0.717) is 13.0 Å². The number of rotatable bonds is 3. The molecule has 2 rings (SSSR count). The Hall–Kier alpha value is -1.43. The molecule has 0 radical (unpaired) electrons. The van der Waals surface area contributed by atoms with Gasteiger partial charge in [0.15, 0.2) is 9.84 Å². The molecule has 0 spiro atoms. The lowest BCUT2D eigenvalue weighted by molar-refractivity contribution is -0.125. The lowest BCUT2D eigenvalue weighted by Gasteiger charge is -2.21. The number of amides is 1. The van der Waals surface area contributed by atoms with Crippen LogP contribution in [0, 0.1) is 11.7 Å². The van der Waals surface area contributed by atoms with Crippen LogP contribution >= 0.6 is 0 Å². The lowest BCUT2D eigenvalue weighted by atomic mass is 10.0. The van der Waals surface area contributed by atoms with E-state index < -0.39 is 21.6 Å². The highest BCUT2D eigenvalue weighted by Crippen LogP contribution is 2.19. The second kappa shape index (κ2) is 5.06. The third-order valence-corrected chi connectivity index (χ3v) is 4.79. The topological polar surface area (TPSA) is 63.2 Å². The molecule has 1 aliphatic rings. The Morgan fingerprint density at radius 1 is 1.39 bits per heavy atom. The van der Waals surface area contributed by atoms with Crippen LogP contribution in [0.4, 0.5) is 4.39 Å². The Balaban J connectivity index is 2.19. The maximum atomic E-state index is 13.0. The average Bonchev–Trinajstić information content (AvgIpc) is 2.32. The predicted octanol–water partition coefficient (Wildman–Crippen LogP) is 1.13. The van der Waals surface area contributed by atoms with E-state index in [1.54, 1.807) is 0 Å². The van der Waals surface area contributed by atoms with Crippen LogP contribution in [0.1, 0.15) is 12.8 Å². The van der Waals surface area contributed by atoms with Crippen LogP contribution in [0.2, 0.25) is 0 Å². The summed E-state index contributed by atoms with van der Waals surface area (Å²) < 4.78 is 37.1. The highest BCUT2D eigenvalue weighted by Gasteiger charge is 2.28. The standard InChI is InChI=1S/C12H14FNO3S/c13-10-4-1-5-11(7-10)18(16,17)8-9-3-2-6-14-12(9)15/h1,4-5,7,9H,2-3,6,8H2,(H,14,15)/t9-/m1/s1. The molecule has 1 amide bonds. The number of nitrogens with one attached hydrogen (secondary N) is 1. The molecule has 1 aliphatic heterocycles. The van der Waals surface area contributed by atoms with Crippen LogP contribution in [0.3, 0.4) is 0 Å². The van der Waals surface area contributed by atoms with Crippen LogP contribution < -0.4 is 5.32 Å². The van der Waals surface area contributed by atoms with Gasteiger partial charge in [-0.15, -0.1) is 0 Å². The molecule has 1 atom stereocenters. The molecule has 0 aromatic heterocycles. The van der Waals surface area contributed by atoms with Crippen LogP contribution in [-0.4, -0.2) is 26.6 Å². The van der Waals surface area contributed by atoms with Gasteiger partial charge in [-0.05, 0) is 31.0 Å². The summed E-state index contributed by atoms with van der Waals surface area (Å²) in [5, 5.41) is 2.64. The second-order valence-corrected chi connectivity index (χ2v) is 6.40. The van der Waals surface area contributed by atoms with E-state index in [4.69, 9.17) is 0 Å². The van der Waals surface area contributed by atoms with Gasteiger partial charge in [0.1, 0.15) is 5.82 Å². The minimum Gasteiger partial charge on any atom is -0.356 e. The first-order chi connectivity index (χ1) is 8.49. The Bertz CT molecular complexity index is 556. The molecule has 0 aliphatic carbocycles. The molecule has 98 valence electrons. The van der Waals surface area contributed by atoms with E-state index in [1.807, 2.05) is 0 Å². The fourth-order valence-electron chi connectivity index (χ4n) is 2.02. The Morgan fingerprint density at radius 3 is 2.83 bits per heavy atom. The number of benzene rings is 1. The molecule has 0 unspecified atom stereocenters. The maximum Gasteiger partial charge on any atom is 0.224 e. The number of hydrogen-bond donors (Lipinski definition) is 1. The molecule has 1 aromatic rings.